The van der Waals surface area contributed by atoms with Crippen molar-refractivity contribution in [2.45, 2.75) is 12.5 Å². The lowest BCUT2D eigenvalue weighted by Gasteiger charge is -2.17. The molecule has 5 N–H and O–H groups in total. The van der Waals surface area contributed by atoms with Crippen LogP contribution in [-0.2, 0) is 6.42 Å². The molecule has 0 radical (unpaired) electrons. The van der Waals surface area contributed by atoms with E-state index in [0.717, 1.165) is 5.56 Å². The van der Waals surface area contributed by atoms with Gasteiger partial charge in [-0.25, -0.2) is 0 Å². The Morgan fingerprint density at radius 2 is 1.90 bits per heavy atom. The van der Waals surface area contributed by atoms with Gasteiger partial charge in [-0.05, 0) is 30.2 Å². The Kier molecular flexibility index (Phi) is 4.79. The van der Waals surface area contributed by atoms with Crippen molar-refractivity contribution in [1.29, 1.82) is 0 Å². The Morgan fingerprint density at radius 3 is 2.57 bits per heavy atom. The summed E-state index contributed by atoms with van der Waals surface area (Å²) in [6.45, 7) is -0.181. The summed E-state index contributed by atoms with van der Waals surface area (Å²) in [5.74, 6) is -0.448. The van der Waals surface area contributed by atoms with Gasteiger partial charge in [0.25, 0.3) is 5.91 Å². The lowest BCUT2D eigenvalue weighted by Crippen LogP contribution is -2.39. The van der Waals surface area contributed by atoms with Gasteiger partial charge in [-0.1, -0.05) is 30.3 Å². The van der Waals surface area contributed by atoms with Crippen molar-refractivity contribution >= 4 is 11.6 Å². The first-order valence-corrected chi connectivity index (χ1v) is 6.64. The smallest absolute Gasteiger partial charge is 0.253 e. The second-order valence-electron chi connectivity index (χ2n) is 4.81. The number of rotatable bonds is 5. The summed E-state index contributed by atoms with van der Waals surface area (Å²) in [6, 6.07) is 13.3. The zero-order chi connectivity index (χ0) is 15.2. The molecule has 21 heavy (non-hydrogen) atoms. The molecule has 2 aromatic carbocycles. The monoisotopic (exact) mass is 286 g/mol. The average molecular weight is 286 g/mol. The van der Waals surface area contributed by atoms with Gasteiger partial charge in [-0.15, -0.1) is 0 Å². The number of hydrogen-bond donors (Lipinski definition) is 4. The van der Waals surface area contributed by atoms with Gasteiger partial charge in [-0.3, -0.25) is 4.79 Å². The highest BCUT2D eigenvalue weighted by atomic mass is 16.3. The summed E-state index contributed by atoms with van der Waals surface area (Å²) < 4.78 is 0. The molecule has 1 unspecified atom stereocenters. The Balaban J connectivity index is 2.07. The molecule has 0 heterocycles. The van der Waals surface area contributed by atoms with E-state index >= 15 is 0 Å². The van der Waals surface area contributed by atoms with Crippen molar-refractivity contribution < 1.29 is 15.0 Å². The third kappa shape index (κ3) is 3.97. The third-order valence-electron chi connectivity index (χ3n) is 3.16. The van der Waals surface area contributed by atoms with Crippen LogP contribution in [0, 0.1) is 0 Å². The summed E-state index contributed by atoms with van der Waals surface area (Å²) in [4.78, 5) is 12.2. The molecule has 0 aliphatic rings. The predicted molar refractivity (Wildman–Crippen MR) is 81.0 cm³/mol. The number of carbonyl (C=O) groups excluding carboxylic acids is 1. The summed E-state index contributed by atoms with van der Waals surface area (Å²) in [5.41, 5.74) is 7.22. The second-order valence-corrected chi connectivity index (χ2v) is 4.81. The highest BCUT2D eigenvalue weighted by molar-refractivity contribution is 5.99. The fourth-order valence-corrected chi connectivity index (χ4v) is 2.06. The molecule has 2 rings (SSSR count). The Labute approximate surface area is 123 Å². The standard InChI is InChI=1S/C16H18N2O3/c17-15-7-6-13(20)9-14(15)16(21)18-12(10-19)8-11-4-2-1-3-5-11/h1-7,9,12,19-20H,8,10,17H2,(H,18,21). The number of aliphatic hydroxyl groups is 1. The largest absolute Gasteiger partial charge is 0.508 e. The van der Waals surface area contributed by atoms with Crippen LogP contribution in [0.15, 0.2) is 48.5 Å². The van der Waals surface area contributed by atoms with E-state index in [4.69, 9.17) is 5.73 Å². The molecule has 0 saturated carbocycles. The first kappa shape index (κ1) is 14.9. The minimum Gasteiger partial charge on any atom is -0.508 e. The Bertz CT molecular complexity index is 614. The molecule has 0 aliphatic carbocycles. The number of aromatic hydroxyl groups is 1. The molecule has 5 heteroatoms. The predicted octanol–water partition coefficient (Wildman–Crippen LogP) is 1.31. The number of carbonyl (C=O) groups is 1. The number of phenols is 1. The van der Waals surface area contributed by atoms with Gasteiger partial charge < -0.3 is 21.3 Å². The molecule has 110 valence electrons. The molecular weight excluding hydrogens is 268 g/mol. The van der Waals surface area contributed by atoms with E-state index in [-0.39, 0.29) is 23.6 Å². The van der Waals surface area contributed by atoms with E-state index in [1.807, 2.05) is 30.3 Å². The summed E-state index contributed by atoms with van der Waals surface area (Å²) in [6.07, 6.45) is 0.516. The van der Waals surface area contributed by atoms with Crippen molar-refractivity contribution in [3.05, 3.63) is 59.7 Å². The molecule has 0 bridgehead atoms. The maximum absolute atomic E-state index is 12.2. The topological polar surface area (TPSA) is 95.6 Å². The number of nitrogens with one attached hydrogen (secondary N) is 1. The van der Waals surface area contributed by atoms with Crippen LogP contribution in [0.2, 0.25) is 0 Å². The van der Waals surface area contributed by atoms with Gasteiger partial charge in [0, 0.05) is 5.69 Å². The number of amides is 1. The normalized spacial score (nSPS) is 11.9. The summed E-state index contributed by atoms with van der Waals surface area (Å²) in [5, 5.41) is 21.6. The Hall–Kier alpha value is -2.53. The van der Waals surface area contributed by atoms with Crippen LogP contribution in [-0.4, -0.2) is 28.8 Å². The van der Waals surface area contributed by atoms with Crippen molar-refractivity contribution in [3.8, 4) is 5.75 Å². The second kappa shape index (κ2) is 6.76. The average Bonchev–Trinajstić information content (AvgIpc) is 2.50. The van der Waals surface area contributed by atoms with Crippen molar-refractivity contribution in [3.63, 3.8) is 0 Å². The van der Waals surface area contributed by atoms with Crippen molar-refractivity contribution in [2.24, 2.45) is 0 Å². The summed E-state index contributed by atoms with van der Waals surface area (Å²) >= 11 is 0. The molecule has 1 amide bonds. The number of nitrogen functional groups attached to an aromatic ring is 1. The number of hydrogen-bond acceptors (Lipinski definition) is 4. The first-order valence-electron chi connectivity index (χ1n) is 6.64. The van der Waals surface area contributed by atoms with Gasteiger partial charge in [0.2, 0.25) is 0 Å². The summed E-state index contributed by atoms with van der Waals surface area (Å²) in [7, 11) is 0. The van der Waals surface area contributed by atoms with Gasteiger partial charge in [-0.2, -0.15) is 0 Å². The fourth-order valence-electron chi connectivity index (χ4n) is 2.06. The maximum atomic E-state index is 12.2. The third-order valence-corrected chi connectivity index (χ3v) is 3.16. The van der Waals surface area contributed by atoms with Crippen LogP contribution in [0.5, 0.6) is 5.75 Å². The zero-order valence-electron chi connectivity index (χ0n) is 11.5. The van der Waals surface area contributed by atoms with Crippen molar-refractivity contribution in [1.82, 2.24) is 5.32 Å². The van der Waals surface area contributed by atoms with Crippen LogP contribution < -0.4 is 11.1 Å². The van der Waals surface area contributed by atoms with E-state index in [1.54, 1.807) is 0 Å². The minimum absolute atomic E-state index is 0.0297. The lowest BCUT2D eigenvalue weighted by molar-refractivity contribution is 0.0917. The van der Waals surface area contributed by atoms with E-state index in [0.29, 0.717) is 6.42 Å². The molecule has 0 spiro atoms. The number of phenolic OH excluding ortho intramolecular Hbond substituents is 1. The highest BCUT2D eigenvalue weighted by Gasteiger charge is 2.16. The molecule has 0 aromatic heterocycles. The van der Waals surface area contributed by atoms with Crippen LogP contribution in [0.1, 0.15) is 15.9 Å². The van der Waals surface area contributed by atoms with E-state index < -0.39 is 11.9 Å². The van der Waals surface area contributed by atoms with Gasteiger partial charge in [0.1, 0.15) is 5.75 Å². The number of nitrogens with two attached hydrogens (primary N) is 1. The molecular formula is C16H18N2O3. The molecule has 1 atom stereocenters. The van der Waals surface area contributed by atoms with E-state index in [1.165, 1.54) is 18.2 Å². The lowest BCUT2D eigenvalue weighted by atomic mass is 10.1. The molecule has 0 fully saturated rings. The van der Waals surface area contributed by atoms with Crippen molar-refractivity contribution in [2.75, 3.05) is 12.3 Å². The number of anilines is 1. The molecule has 0 saturated heterocycles. The Morgan fingerprint density at radius 1 is 1.19 bits per heavy atom. The maximum Gasteiger partial charge on any atom is 0.253 e. The minimum atomic E-state index is -0.418. The highest BCUT2D eigenvalue weighted by Crippen LogP contribution is 2.18. The van der Waals surface area contributed by atoms with E-state index in [9.17, 15) is 15.0 Å². The van der Waals surface area contributed by atoms with Gasteiger partial charge >= 0.3 is 0 Å². The van der Waals surface area contributed by atoms with Crippen LogP contribution in [0.3, 0.4) is 0 Å². The zero-order valence-corrected chi connectivity index (χ0v) is 11.5. The van der Waals surface area contributed by atoms with Crippen LogP contribution in [0.4, 0.5) is 5.69 Å². The number of benzene rings is 2. The van der Waals surface area contributed by atoms with E-state index in [2.05, 4.69) is 5.32 Å². The molecule has 0 aliphatic heterocycles. The fraction of sp³-hybridized carbons (Fsp3) is 0.188. The van der Waals surface area contributed by atoms with Gasteiger partial charge in [0.15, 0.2) is 0 Å². The number of aliphatic hydroxyl groups excluding tert-OH is 1. The SMILES string of the molecule is Nc1ccc(O)cc1C(=O)NC(CO)Cc1ccccc1. The van der Waals surface area contributed by atoms with Gasteiger partial charge in [0.05, 0.1) is 18.2 Å². The molecule has 2 aromatic rings. The quantitative estimate of drug-likeness (QED) is 0.492. The molecule has 5 nitrogen and oxygen atoms in total. The van der Waals surface area contributed by atoms with Crippen LogP contribution in [0.25, 0.3) is 0 Å². The van der Waals surface area contributed by atoms with Crippen LogP contribution >= 0.6 is 0 Å². The first-order chi connectivity index (χ1) is 10.1.